The van der Waals surface area contributed by atoms with Crippen molar-refractivity contribution >= 4 is 17.4 Å². The number of nitrogens with one attached hydrogen (secondary N) is 2. The highest BCUT2D eigenvalue weighted by Crippen LogP contribution is 2.21. The second kappa shape index (κ2) is 8.17. The Morgan fingerprint density at radius 1 is 1.17 bits per heavy atom. The van der Waals surface area contributed by atoms with Crippen molar-refractivity contribution in [3.05, 3.63) is 47.9 Å². The van der Waals surface area contributed by atoms with Crippen LogP contribution in [0.5, 0.6) is 0 Å². The molecule has 0 saturated carbocycles. The van der Waals surface area contributed by atoms with E-state index in [0.717, 1.165) is 31.4 Å². The Kier molecular flexibility index (Phi) is 5.96. The van der Waals surface area contributed by atoms with Crippen LogP contribution in [0.3, 0.4) is 0 Å². The number of para-hydroxylation sites is 1. The van der Waals surface area contributed by atoms with Crippen molar-refractivity contribution in [2.45, 2.75) is 26.2 Å². The zero-order chi connectivity index (χ0) is 16.7. The van der Waals surface area contributed by atoms with E-state index in [9.17, 15) is 13.6 Å². The zero-order valence-corrected chi connectivity index (χ0v) is 12.8. The summed E-state index contributed by atoms with van der Waals surface area (Å²) in [5.74, 6) is -1.69. The molecule has 5 nitrogen and oxygen atoms in total. The van der Waals surface area contributed by atoms with Crippen LogP contribution < -0.4 is 10.6 Å². The minimum atomic E-state index is -0.742. The molecular formula is C16H18F2N4O. The Hall–Kier alpha value is -2.57. The average Bonchev–Trinajstić information content (AvgIpc) is 2.55. The van der Waals surface area contributed by atoms with Gasteiger partial charge in [0.05, 0.1) is 0 Å². The maximum absolute atomic E-state index is 13.6. The number of nitrogens with zero attached hydrogens (tertiary/aromatic N) is 2. The van der Waals surface area contributed by atoms with Crippen molar-refractivity contribution < 1.29 is 13.6 Å². The number of carbonyl (C=O) groups is 1. The van der Waals surface area contributed by atoms with Gasteiger partial charge in [-0.05, 0) is 18.6 Å². The number of aromatic nitrogens is 2. The van der Waals surface area contributed by atoms with Crippen LogP contribution in [0, 0.1) is 11.6 Å². The summed E-state index contributed by atoms with van der Waals surface area (Å²) < 4.78 is 27.2. The van der Waals surface area contributed by atoms with Crippen LogP contribution in [-0.2, 0) is 0 Å². The summed E-state index contributed by atoms with van der Waals surface area (Å²) in [5.41, 5.74) is -0.184. The summed E-state index contributed by atoms with van der Waals surface area (Å²) in [5, 5.41) is 5.27. The minimum absolute atomic E-state index is 0.135. The van der Waals surface area contributed by atoms with Gasteiger partial charge in [-0.3, -0.25) is 4.79 Å². The smallest absolute Gasteiger partial charge is 0.270 e. The zero-order valence-electron chi connectivity index (χ0n) is 12.8. The van der Waals surface area contributed by atoms with Crippen molar-refractivity contribution in [3.63, 3.8) is 0 Å². The fourth-order valence-electron chi connectivity index (χ4n) is 1.96. The van der Waals surface area contributed by atoms with Gasteiger partial charge in [0.15, 0.2) is 0 Å². The molecule has 1 amide bonds. The van der Waals surface area contributed by atoms with E-state index in [0.29, 0.717) is 6.54 Å². The van der Waals surface area contributed by atoms with E-state index < -0.39 is 11.6 Å². The van der Waals surface area contributed by atoms with Crippen LogP contribution in [0.2, 0.25) is 0 Å². The Morgan fingerprint density at radius 3 is 2.61 bits per heavy atom. The summed E-state index contributed by atoms with van der Waals surface area (Å²) in [7, 11) is 0. The molecule has 7 heteroatoms. The van der Waals surface area contributed by atoms with Gasteiger partial charge in [-0.25, -0.2) is 18.7 Å². The largest absolute Gasteiger partial charge is 0.351 e. The van der Waals surface area contributed by atoms with Crippen molar-refractivity contribution in [3.8, 4) is 0 Å². The van der Waals surface area contributed by atoms with Crippen LogP contribution in [0.25, 0.3) is 0 Å². The average molecular weight is 320 g/mol. The van der Waals surface area contributed by atoms with Crippen LogP contribution in [0.15, 0.2) is 30.6 Å². The van der Waals surface area contributed by atoms with Crippen LogP contribution >= 0.6 is 0 Å². The first-order valence-electron chi connectivity index (χ1n) is 7.43. The fourth-order valence-corrected chi connectivity index (χ4v) is 1.96. The molecule has 0 unspecified atom stereocenters. The summed E-state index contributed by atoms with van der Waals surface area (Å²) in [6.07, 6.45) is 4.15. The van der Waals surface area contributed by atoms with Gasteiger partial charge < -0.3 is 10.6 Å². The molecule has 0 saturated heterocycles. The number of benzene rings is 1. The van der Waals surface area contributed by atoms with Crippen molar-refractivity contribution in [2.24, 2.45) is 0 Å². The van der Waals surface area contributed by atoms with E-state index in [1.54, 1.807) is 0 Å². The van der Waals surface area contributed by atoms with Gasteiger partial charge in [-0.1, -0.05) is 25.8 Å². The van der Waals surface area contributed by atoms with Gasteiger partial charge in [-0.15, -0.1) is 0 Å². The monoisotopic (exact) mass is 320 g/mol. The van der Waals surface area contributed by atoms with E-state index in [2.05, 4.69) is 27.5 Å². The highest BCUT2D eigenvalue weighted by Gasteiger charge is 2.12. The third-order valence-electron chi connectivity index (χ3n) is 3.18. The van der Waals surface area contributed by atoms with Gasteiger partial charge in [0, 0.05) is 12.6 Å². The topological polar surface area (TPSA) is 66.9 Å². The number of unbranched alkanes of at least 4 members (excludes halogenated alkanes) is 2. The number of rotatable bonds is 7. The van der Waals surface area contributed by atoms with E-state index in [4.69, 9.17) is 0 Å². The predicted molar refractivity (Wildman–Crippen MR) is 83.5 cm³/mol. The van der Waals surface area contributed by atoms with Crippen molar-refractivity contribution in [1.29, 1.82) is 0 Å². The fraction of sp³-hybridized carbons (Fsp3) is 0.312. The maximum atomic E-state index is 13.6. The van der Waals surface area contributed by atoms with E-state index in [1.807, 2.05) is 0 Å². The van der Waals surface area contributed by atoms with E-state index in [-0.39, 0.29) is 23.1 Å². The van der Waals surface area contributed by atoms with Crippen LogP contribution in [-0.4, -0.2) is 22.4 Å². The maximum Gasteiger partial charge on any atom is 0.270 e. The number of carbonyl (C=O) groups excluding carboxylic acids is 1. The molecule has 0 spiro atoms. The Bertz CT molecular complexity index is 659. The lowest BCUT2D eigenvalue weighted by Crippen LogP contribution is -2.25. The van der Waals surface area contributed by atoms with Gasteiger partial charge in [0.1, 0.15) is 35.2 Å². The van der Waals surface area contributed by atoms with Crippen molar-refractivity contribution in [1.82, 2.24) is 15.3 Å². The minimum Gasteiger partial charge on any atom is -0.351 e. The molecule has 0 radical (unpaired) electrons. The van der Waals surface area contributed by atoms with Crippen LogP contribution in [0.4, 0.5) is 20.3 Å². The first-order valence-corrected chi connectivity index (χ1v) is 7.43. The lowest BCUT2D eigenvalue weighted by atomic mass is 10.2. The van der Waals surface area contributed by atoms with E-state index in [1.165, 1.54) is 18.5 Å². The second-order valence-corrected chi connectivity index (χ2v) is 4.97. The summed E-state index contributed by atoms with van der Waals surface area (Å²) >= 11 is 0. The lowest BCUT2D eigenvalue weighted by Gasteiger charge is -2.09. The molecule has 1 aromatic carbocycles. The summed E-state index contributed by atoms with van der Waals surface area (Å²) in [4.78, 5) is 19.7. The second-order valence-electron chi connectivity index (χ2n) is 4.97. The Balaban J connectivity index is 2.06. The first kappa shape index (κ1) is 16.8. The Labute approximate surface area is 133 Å². The van der Waals surface area contributed by atoms with Gasteiger partial charge in [-0.2, -0.15) is 0 Å². The number of amides is 1. The Morgan fingerprint density at radius 2 is 1.91 bits per heavy atom. The molecule has 0 fully saturated rings. The third kappa shape index (κ3) is 4.70. The quantitative estimate of drug-likeness (QED) is 0.767. The molecule has 122 valence electrons. The highest BCUT2D eigenvalue weighted by molar-refractivity contribution is 5.92. The molecule has 23 heavy (non-hydrogen) atoms. The molecule has 0 atom stereocenters. The molecule has 1 heterocycles. The van der Waals surface area contributed by atoms with Gasteiger partial charge in [0.2, 0.25) is 0 Å². The standard InChI is InChI=1S/C16H18F2N4O/c1-2-3-4-8-19-16(23)13-9-14(21-10-20-13)22-15-11(17)6-5-7-12(15)18/h5-7,9-10H,2-4,8H2,1H3,(H,19,23)(H,20,21,22). The van der Waals surface area contributed by atoms with E-state index >= 15 is 0 Å². The molecule has 0 bridgehead atoms. The molecule has 2 rings (SSSR count). The van der Waals surface area contributed by atoms with Crippen LogP contribution in [0.1, 0.15) is 36.7 Å². The predicted octanol–water partition coefficient (Wildman–Crippen LogP) is 3.42. The molecule has 0 aliphatic heterocycles. The summed E-state index contributed by atoms with van der Waals surface area (Å²) in [6.45, 7) is 2.63. The highest BCUT2D eigenvalue weighted by atomic mass is 19.1. The molecule has 2 aromatic rings. The van der Waals surface area contributed by atoms with Crippen molar-refractivity contribution in [2.75, 3.05) is 11.9 Å². The number of hydrogen-bond donors (Lipinski definition) is 2. The number of anilines is 2. The molecule has 0 aliphatic rings. The lowest BCUT2D eigenvalue weighted by molar-refractivity contribution is 0.0948. The first-order chi connectivity index (χ1) is 11.1. The molecule has 1 aromatic heterocycles. The van der Waals surface area contributed by atoms with Gasteiger partial charge in [0.25, 0.3) is 5.91 Å². The number of halogens is 2. The number of hydrogen-bond acceptors (Lipinski definition) is 4. The molecule has 2 N–H and O–H groups in total. The molecule has 0 aliphatic carbocycles. The molecular weight excluding hydrogens is 302 g/mol. The third-order valence-corrected chi connectivity index (χ3v) is 3.18. The SMILES string of the molecule is CCCCCNC(=O)c1cc(Nc2c(F)cccc2F)ncn1. The van der Waals surface area contributed by atoms with Gasteiger partial charge >= 0.3 is 0 Å². The summed E-state index contributed by atoms with van der Waals surface area (Å²) in [6, 6.07) is 4.88. The normalized spacial score (nSPS) is 10.4.